The largest absolute Gasteiger partial charge is 0.468 e. The number of sulfonamides is 1. The predicted octanol–water partition coefficient (Wildman–Crippen LogP) is 2.64. The lowest BCUT2D eigenvalue weighted by molar-refractivity contribution is -0.116. The molecule has 1 N–H and O–H groups in total. The molecule has 6 nitrogen and oxygen atoms in total. The molecule has 0 radical (unpaired) electrons. The number of aryl methyl sites for hydroxylation is 1. The van der Waals surface area contributed by atoms with Crippen LogP contribution in [0.25, 0.3) is 0 Å². The van der Waals surface area contributed by atoms with E-state index in [9.17, 15) is 13.2 Å². The van der Waals surface area contributed by atoms with E-state index in [0.29, 0.717) is 24.3 Å². The normalized spacial score (nSPS) is 14.7. The van der Waals surface area contributed by atoms with Gasteiger partial charge >= 0.3 is 0 Å². The summed E-state index contributed by atoms with van der Waals surface area (Å²) in [5.41, 5.74) is 1.33. The first-order valence-corrected chi connectivity index (χ1v) is 8.81. The van der Waals surface area contributed by atoms with Gasteiger partial charge in [-0.25, -0.2) is 8.42 Å². The molecule has 0 bridgehead atoms. The van der Waals surface area contributed by atoms with Crippen LogP contribution in [0.3, 0.4) is 0 Å². The van der Waals surface area contributed by atoms with Crippen molar-refractivity contribution in [1.82, 2.24) is 4.31 Å². The molecule has 0 saturated carbocycles. The second-order valence-corrected chi connectivity index (χ2v) is 7.75. The van der Waals surface area contributed by atoms with Gasteiger partial charge in [0.1, 0.15) is 10.7 Å². The van der Waals surface area contributed by atoms with Crippen LogP contribution in [0.4, 0.5) is 5.69 Å². The molecule has 0 aliphatic carbocycles. The smallest absolute Gasteiger partial charge is 0.244 e. The first kappa shape index (κ1) is 16.0. The van der Waals surface area contributed by atoms with Gasteiger partial charge in [-0.05, 0) is 36.2 Å². The van der Waals surface area contributed by atoms with Crippen molar-refractivity contribution in [3.05, 3.63) is 46.9 Å². The number of amides is 1. The van der Waals surface area contributed by atoms with Crippen molar-refractivity contribution in [1.29, 1.82) is 0 Å². The Hall–Kier alpha value is -1.83. The van der Waals surface area contributed by atoms with E-state index in [2.05, 4.69) is 5.32 Å². The van der Waals surface area contributed by atoms with E-state index < -0.39 is 10.0 Å². The highest BCUT2D eigenvalue weighted by atomic mass is 35.5. The summed E-state index contributed by atoms with van der Waals surface area (Å²) in [4.78, 5) is 11.5. The first-order chi connectivity index (χ1) is 10.9. The SMILES string of the molecule is CN(Cc1ccco1)S(=O)(=O)c1cc2c(cc1Cl)CCC(=O)N2. The summed E-state index contributed by atoms with van der Waals surface area (Å²) in [7, 11) is -2.36. The molecule has 0 atom stereocenters. The zero-order chi connectivity index (χ0) is 16.6. The number of nitrogens with zero attached hydrogens (tertiary/aromatic N) is 1. The van der Waals surface area contributed by atoms with E-state index in [-0.39, 0.29) is 22.4 Å². The molecule has 3 rings (SSSR count). The van der Waals surface area contributed by atoms with E-state index in [0.717, 1.165) is 9.87 Å². The number of carbonyl (C=O) groups excluding carboxylic acids is 1. The minimum atomic E-state index is -3.81. The van der Waals surface area contributed by atoms with Crippen LogP contribution in [0.2, 0.25) is 5.02 Å². The molecule has 1 aliphatic heterocycles. The maximum atomic E-state index is 12.7. The topological polar surface area (TPSA) is 79.6 Å². The van der Waals surface area contributed by atoms with Crippen molar-refractivity contribution in [2.24, 2.45) is 0 Å². The van der Waals surface area contributed by atoms with Gasteiger partial charge in [-0.2, -0.15) is 4.31 Å². The molecule has 8 heteroatoms. The lowest BCUT2D eigenvalue weighted by atomic mass is 10.0. The summed E-state index contributed by atoms with van der Waals surface area (Å²) >= 11 is 6.17. The summed E-state index contributed by atoms with van der Waals surface area (Å²) in [5, 5.41) is 2.83. The highest BCUT2D eigenvalue weighted by Crippen LogP contribution is 2.33. The van der Waals surface area contributed by atoms with Crippen LogP contribution in [0.5, 0.6) is 0 Å². The van der Waals surface area contributed by atoms with Crippen molar-refractivity contribution in [2.75, 3.05) is 12.4 Å². The van der Waals surface area contributed by atoms with Gasteiger partial charge in [0.15, 0.2) is 0 Å². The van der Waals surface area contributed by atoms with E-state index >= 15 is 0 Å². The van der Waals surface area contributed by atoms with E-state index in [4.69, 9.17) is 16.0 Å². The van der Waals surface area contributed by atoms with E-state index in [1.54, 1.807) is 18.2 Å². The maximum absolute atomic E-state index is 12.7. The second kappa shape index (κ2) is 5.99. The highest BCUT2D eigenvalue weighted by molar-refractivity contribution is 7.89. The summed E-state index contributed by atoms with van der Waals surface area (Å²) in [6.07, 6.45) is 2.40. The van der Waals surface area contributed by atoms with Gasteiger partial charge in [0.2, 0.25) is 15.9 Å². The minimum Gasteiger partial charge on any atom is -0.468 e. The molecule has 0 saturated heterocycles. The van der Waals surface area contributed by atoms with Gasteiger partial charge < -0.3 is 9.73 Å². The van der Waals surface area contributed by atoms with Crippen LogP contribution in [0.1, 0.15) is 17.7 Å². The lowest BCUT2D eigenvalue weighted by Gasteiger charge is -2.21. The number of halogens is 1. The van der Waals surface area contributed by atoms with Crippen LogP contribution in [-0.2, 0) is 27.8 Å². The number of fused-ring (bicyclic) bond motifs is 1. The van der Waals surface area contributed by atoms with Gasteiger partial charge in [-0.15, -0.1) is 0 Å². The van der Waals surface area contributed by atoms with Crippen LogP contribution in [-0.4, -0.2) is 25.7 Å². The van der Waals surface area contributed by atoms with Crippen molar-refractivity contribution in [3.63, 3.8) is 0 Å². The second-order valence-electron chi connectivity index (χ2n) is 5.33. The van der Waals surface area contributed by atoms with Crippen molar-refractivity contribution in [3.8, 4) is 0 Å². The molecule has 0 spiro atoms. The molecule has 1 aromatic heterocycles. The van der Waals surface area contributed by atoms with Gasteiger partial charge in [-0.3, -0.25) is 4.79 Å². The van der Waals surface area contributed by atoms with Gasteiger partial charge in [0.05, 0.1) is 17.8 Å². The lowest BCUT2D eigenvalue weighted by Crippen LogP contribution is -2.27. The fourth-order valence-corrected chi connectivity index (χ4v) is 4.14. The molecule has 122 valence electrons. The average Bonchev–Trinajstić information content (AvgIpc) is 2.99. The van der Waals surface area contributed by atoms with Crippen molar-refractivity contribution >= 4 is 33.2 Å². The Morgan fingerprint density at radius 1 is 1.35 bits per heavy atom. The van der Waals surface area contributed by atoms with Gasteiger partial charge in [0, 0.05) is 19.2 Å². The molecular formula is C15H15ClN2O4S. The number of carbonyl (C=O) groups is 1. The molecule has 23 heavy (non-hydrogen) atoms. The molecule has 2 aromatic rings. The third kappa shape index (κ3) is 3.12. The van der Waals surface area contributed by atoms with Crippen LogP contribution >= 0.6 is 11.6 Å². The zero-order valence-electron chi connectivity index (χ0n) is 12.4. The Morgan fingerprint density at radius 3 is 2.83 bits per heavy atom. The third-order valence-electron chi connectivity index (χ3n) is 3.70. The maximum Gasteiger partial charge on any atom is 0.244 e. The Bertz CT molecular complexity index is 847. The van der Waals surface area contributed by atoms with E-state index in [1.165, 1.54) is 19.4 Å². The Morgan fingerprint density at radius 2 is 2.13 bits per heavy atom. The van der Waals surface area contributed by atoms with Crippen molar-refractivity contribution < 1.29 is 17.6 Å². The minimum absolute atomic E-state index is 0.0332. The summed E-state index contributed by atoms with van der Waals surface area (Å²) in [5.74, 6) is 0.394. The fourth-order valence-electron chi connectivity index (χ4n) is 2.45. The molecule has 0 fully saturated rings. The van der Waals surface area contributed by atoms with Crippen LogP contribution in [0, 0.1) is 0 Å². The predicted molar refractivity (Wildman–Crippen MR) is 85.8 cm³/mol. The number of rotatable bonds is 4. The van der Waals surface area contributed by atoms with Crippen molar-refractivity contribution in [2.45, 2.75) is 24.3 Å². The number of hydrogen-bond donors (Lipinski definition) is 1. The Kier molecular flexibility index (Phi) is 4.18. The standard InChI is InChI=1S/C15H15ClN2O4S/c1-18(9-11-3-2-6-22-11)23(20,21)14-8-13-10(7-12(14)16)4-5-15(19)17-13/h2-3,6-8H,4-5,9H2,1H3,(H,17,19). The third-order valence-corrected chi connectivity index (χ3v) is 5.97. The number of hydrogen-bond acceptors (Lipinski definition) is 4. The van der Waals surface area contributed by atoms with Gasteiger partial charge in [-0.1, -0.05) is 11.6 Å². The zero-order valence-corrected chi connectivity index (χ0v) is 13.9. The molecule has 1 amide bonds. The average molecular weight is 355 g/mol. The molecule has 2 heterocycles. The fraction of sp³-hybridized carbons (Fsp3) is 0.267. The van der Waals surface area contributed by atoms with Crippen LogP contribution in [0.15, 0.2) is 39.8 Å². The number of benzene rings is 1. The summed E-state index contributed by atoms with van der Waals surface area (Å²) in [6.45, 7) is 0.0924. The number of nitrogens with one attached hydrogen (secondary N) is 1. The number of furan rings is 1. The molecule has 1 aromatic carbocycles. The monoisotopic (exact) mass is 354 g/mol. The molecular weight excluding hydrogens is 340 g/mol. The van der Waals surface area contributed by atoms with Gasteiger partial charge in [0.25, 0.3) is 0 Å². The number of anilines is 1. The van der Waals surface area contributed by atoms with Crippen LogP contribution < -0.4 is 5.32 Å². The Labute approximate surface area is 139 Å². The highest BCUT2D eigenvalue weighted by Gasteiger charge is 2.27. The molecule has 0 unspecified atom stereocenters. The Balaban J connectivity index is 1.96. The summed E-state index contributed by atoms with van der Waals surface area (Å²) in [6, 6.07) is 6.41. The first-order valence-electron chi connectivity index (χ1n) is 6.99. The molecule has 1 aliphatic rings. The quantitative estimate of drug-likeness (QED) is 0.915. The van der Waals surface area contributed by atoms with E-state index in [1.807, 2.05) is 0 Å². The summed E-state index contributed by atoms with van der Waals surface area (Å²) < 4.78 is 31.8.